The second-order valence-electron chi connectivity index (χ2n) is 5.26. The Bertz CT molecular complexity index is 337. The predicted octanol–water partition coefficient (Wildman–Crippen LogP) is 3.73. The number of rotatable bonds is 5. The van der Waals surface area contributed by atoms with E-state index >= 15 is 0 Å². The van der Waals surface area contributed by atoms with Crippen LogP contribution in [0, 0.1) is 5.92 Å². The van der Waals surface area contributed by atoms with Crippen molar-refractivity contribution < 1.29 is 0 Å². The highest BCUT2D eigenvalue weighted by Gasteiger charge is 2.29. The zero-order valence-electron chi connectivity index (χ0n) is 11.1. The third-order valence-corrected chi connectivity index (χ3v) is 4.76. The second-order valence-corrected chi connectivity index (χ2v) is 6.54. The van der Waals surface area contributed by atoms with E-state index in [-0.39, 0.29) is 0 Å². The molecule has 1 aromatic carbocycles. The third-order valence-electron chi connectivity index (χ3n) is 3.31. The Hall–Kier alpha value is -0.470. The van der Waals surface area contributed by atoms with Crippen molar-refractivity contribution in [3.05, 3.63) is 29.8 Å². The maximum absolute atomic E-state index is 3.67. The SMILES string of the molecule is CCNC(CC(C)C)C1Cc2ccccc2S1. The van der Waals surface area contributed by atoms with Crippen LogP contribution >= 0.6 is 11.8 Å². The Morgan fingerprint density at radius 1 is 1.35 bits per heavy atom. The van der Waals surface area contributed by atoms with Crippen molar-refractivity contribution in [1.29, 1.82) is 0 Å². The first-order chi connectivity index (χ1) is 8.20. The highest BCUT2D eigenvalue weighted by molar-refractivity contribution is 8.00. The molecule has 1 N–H and O–H groups in total. The van der Waals surface area contributed by atoms with Crippen LogP contribution < -0.4 is 5.32 Å². The van der Waals surface area contributed by atoms with Crippen molar-refractivity contribution in [3.8, 4) is 0 Å². The van der Waals surface area contributed by atoms with Crippen molar-refractivity contribution in [2.24, 2.45) is 5.92 Å². The third kappa shape index (κ3) is 3.26. The summed E-state index contributed by atoms with van der Waals surface area (Å²) < 4.78 is 0. The Kier molecular flexibility index (Phi) is 4.52. The number of hydrogen-bond acceptors (Lipinski definition) is 2. The van der Waals surface area contributed by atoms with Crippen molar-refractivity contribution in [3.63, 3.8) is 0 Å². The van der Waals surface area contributed by atoms with Gasteiger partial charge in [-0.15, -0.1) is 11.8 Å². The summed E-state index contributed by atoms with van der Waals surface area (Å²) in [7, 11) is 0. The van der Waals surface area contributed by atoms with E-state index in [0.29, 0.717) is 6.04 Å². The molecule has 0 amide bonds. The van der Waals surface area contributed by atoms with E-state index in [1.807, 2.05) is 0 Å². The molecule has 1 heterocycles. The molecule has 17 heavy (non-hydrogen) atoms. The fourth-order valence-electron chi connectivity index (χ4n) is 2.57. The molecule has 0 bridgehead atoms. The molecular weight excluding hydrogens is 226 g/mol. The van der Waals surface area contributed by atoms with E-state index in [9.17, 15) is 0 Å². The van der Waals surface area contributed by atoms with Gasteiger partial charge in [-0.2, -0.15) is 0 Å². The lowest BCUT2D eigenvalue weighted by Gasteiger charge is -2.25. The number of nitrogens with one attached hydrogen (secondary N) is 1. The maximum atomic E-state index is 3.67. The monoisotopic (exact) mass is 249 g/mol. The van der Waals surface area contributed by atoms with Crippen LogP contribution in [-0.2, 0) is 6.42 Å². The van der Waals surface area contributed by atoms with E-state index < -0.39 is 0 Å². The van der Waals surface area contributed by atoms with Crippen molar-refractivity contribution in [1.82, 2.24) is 5.32 Å². The molecule has 2 rings (SSSR count). The van der Waals surface area contributed by atoms with E-state index in [0.717, 1.165) is 17.7 Å². The highest BCUT2D eigenvalue weighted by Crippen LogP contribution is 2.39. The Balaban J connectivity index is 2.03. The van der Waals surface area contributed by atoms with Gasteiger partial charge in [0.05, 0.1) is 0 Å². The molecule has 2 heteroatoms. The lowest BCUT2D eigenvalue weighted by Crippen LogP contribution is -2.39. The van der Waals surface area contributed by atoms with Crippen LogP contribution in [0.3, 0.4) is 0 Å². The molecule has 1 aliphatic heterocycles. The summed E-state index contributed by atoms with van der Waals surface area (Å²) in [6, 6.07) is 9.50. The molecule has 0 saturated carbocycles. The summed E-state index contributed by atoms with van der Waals surface area (Å²) in [5.41, 5.74) is 1.54. The number of hydrogen-bond donors (Lipinski definition) is 1. The molecule has 0 saturated heterocycles. The van der Waals surface area contributed by atoms with Gasteiger partial charge in [-0.05, 0) is 36.9 Å². The molecule has 2 unspecified atom stereocenters. The number of thioether (sulfide) groups is 1. The molecule has 0 spiro atoms. The topological polar surface area (TPSA) is 12.0 Å². The summed E-state index contributed by atoms with van der Waals surface area (Å²) in [6.07, 6.45) is 2.50. The first-order valence-electron chi connectivity index (χ1n) is 6.68. The zero-order chi connectivity index (χ0) is 12.3. The molecular formula is C15H23NS. The van der Waals surface area contributed by atoms with Crippen LogP contribution in [0.5, 0.6) is 0 Å². The van der Waals surface area contributed by atoms with Crippen LogP contribution in [0.15, 0.2) is 29.2 Å². The summed E-state index contributed by atoms with van der Waals surface area (Å²) in [4.78, 5) is 1.49. The molecule has 0 radical (unpaired) electrons. The molecule has 1 aliphatic rings. The minimum absolute atomic E-state index is 0.650. The summed E-state index contributed by atoms with van der Waals surface area (Å²) in [5, 5.41) is 4.39. The van der Waals surface area contributed by atoms with E-state index in [1.54, 1.807) is 0 Å². The van der Waals surface area contributed by atoms with Gasteiger partial charge in [0, 0.05) is 16.2 Å². The minimum Gasteiger partial charge on any atom is -0.313 e. The minimum atomic E-state index is 0.650. The predicted molar refractivity (Wildman–Crippen MR) is 76.7 cm³/mol. The first-order valence-corrected chi connectivity index (χ1v) is 7.56. The van der Waals surface area contributed by atoms with Crippen molar-refractivity contribution >= 4 is 11.8 Å². The average molecular weight is 249 g/mol. The van der Waals surface area contributed by atoms with Gasteiger partial charge in [0.2, 0.25) is 0 Å². The van der Waals surface area contributed by atoms with Gasteiger partial charge in [-0.3, -0.25) is 0 Å². The summed E-state index contributed by atoms with van der Waals surface area (Å²) in [5.74, 6) is 0.767. The molecule has 2 atom stereocenters. The molecule has 1 nitrogen and oxygen atoms in total. The van der Waals surface area contributed by atoms with Gasteiger partial charge in [0.25, 0.3) is 0 Å². The smallest absolute Gasteiger partial charge is 0.0289 e. The normalized spacial score (nSPS) is 20.6. The second kappa shape index (κ2) is 5.92. The molecule has 1 aromatic rings. The van der Waals surface area contributed by atoms with Gasteiger partial charge in [-0.25, -0.2) is 0 Å². The maximum Gasteiger partial charge on any atom is 0.0289 e. The fourth-order valence-corrected chi connectivity index (χ4v) is 3.99. The fraction of sp³-hybridized carbons (Fsp3) is 0.600. The Morgan fingerprint density at radius 2 is 2.12 bits per heavy atom. The van der Waals surface area contributed by atoms with Gasteiger partial charge >= 0.3 is 0 Å². The lowest BCUT2D eigenvalue weighted by molar-refractivity contribution is 0.415. The van der Waals surface area contributed by atoms with Crippen LogP contribution in [0.4, 0.5) is 0 Å². The van der Waals surface area contributed by atoms with Crippen molar-refractivity contribution in [2.75, 3.05) is 6.54 Å². The highest BCUT2D eigenvalue weighted by atomic mass is 32.2. The zero-order valence-corrected chi connectivity index (χ0v) is 11.9. The lowest BCUT2D eigenvalue weighted by atomic mass is 9.97. The van der Waals surface area contributed by atoms with Crippen LogP contribution in [0.1, 0.15) is 32.8 Å². The van der Waals surface area contributed by atoms with E-state index in [1.165, 1.54) is 23.3 Å². The quantitative estimate of drug-likeness (QED) is 0.853. The molecule has 0 aliphatic carbocycles. The summed E-state index contributed by atoms with van der Waals surface area (Å²) in [6.45, 7) is 7.92. The molecule has 0 fully saturated rings. The number of benzene rings is 1. The van der Waals surface area contributed by atoms with Crippen LogP contribution in [0.25, 0.3) is 0 Å². The number of fused-ring (bicyclic) bond motifs is 1. The van der Waals surface area contributed by atoms with Gasteiger partial charge in [-0.1, -0.05) is 39.0 Å². The van der Waals surface area contributed by atoms with Crippen molar-refractivity contribution in [2.45, 2.75) is 49.8 Å². The van der Waals surface area contributed by atoms with Crippen LogP contribution in [0.2, 0.25) is 0 Å². The molecule has 0 aromatic heterocycles. The van der Waals surface area contributed by atoms with Gasteiger partial charge in [0.15, 0.2) is 0 Å². The standard InChI is InChI=1S/C15H23NS/c1-4-16-13(9-11(2)3)15-10-12-7-5-6-8-14(12)17-15/h5-8,11,13,15-16H,4,9-10H2,1-3H3. The van der Waals surface area contributed by atoms with E-state index in [4.69, 9.17) is 0 Å². The largest absolute Gasteiger partial charge is 0.313 e. The first kappa shape index (κ1) is 13.0. The summed E-state index contributed by atoms with van der Waals surface area (Å²) >= 11 is 2.06. The Morgan fingerprint density at radius 3 is 2.76 bits per heavy atom. The van der Waals surface area contributed by atoms with Crippen LogP contribution in [-0.4, -0.2) is 17.8 Å². The van der Waals surface area contributed by atoms with Gasteiger partial charge < -0.3 is 5.32 Å². The average Bonchev–Trinajstić information content (AvgIpc) is 2.71. The van der Waals surface area contributed by atoms with E-state index in [2.05, 4.69) is 62.1 Å². The molecule has 94 valence electrons. The van der Waals surface area contributed by atoms with Gasteiger partial charge in [0.1, 0.15) is 0 Å². The Labute approximate surface area is 109 Å².